The Morgan fingerprint density at radius 2 is 1.38 bits per heavy atom. The molecule has 0 aliphatic carbocycles. The van der Waals surface area contributed by atoms with Gasteiger partial charge in [-0.1, -0.05) is 70.4 Å². The van der Waals surface area contributed by atoms with Gasteiger partial charge < -0.3 is 9.84 Å². The number of hydrogen-bond donors (Lipinski definition) is 1. The predicted octanol–water partition coefficient (Wildman–Crippen LogP) is 5.95. The Kier molecular flexibility index (Phi) is 17.9. The normalized spacial score (nSPS) is 12.6. The third-order valence-corrected chi connectivity index (χ3v) is 4.23. The zero-order valence-corrected chi connectivity index (χ0v) is 16.1. The van der Waals surface area contributed by atoms with Crippen molar-refractivity contribution in [1.29, 1.82) is 0 Å². The van der Waals surface area contributed by atoms with Crippen LogP contribution in [0.5, 0.6) is 0 Å². The Morgan fingerprint density at radius 3 is 1.92 bits per heavy atom. The number of rotatable bonds is 17. The molecule has 0 aromatic rings. The molecule has 0 heterocycles. The van der Waals surface area contributed by atoms with Gasteiger partial charge in [-0.15, -0.1) is 0 Å². The fourth-order valence-electron chi connectivity index (χ4n) is 2.66. The van der Waals surface area contributed by atoms with Gasteiger partial charge in [0.05, 0.1) is 6.61 Å². The molecule has 0 saturated heterocycles. The fourth-order valence-corrected chi connectivity index (χ4v) is 2.66. The Bertz CT molecular complexity index is 299. The number of aliphatic hydroxyl groups is 1. The molecule has 0 spiro atoms. The van der Waals surface area contributed by atoms with E-state index in [0.717, 1.165) is 12.8 Å². The molecule has 3 nitrogen and oxygen atoms in total. The topological polar surface area (TPSA) is 46.5 Å². The highest BCUT2D eigenvalue weighted by molar-refractivity contribution is 5.69. The minimum Gasteiger partial charge on any atom is -0.460 e. The van der Waals surface area contributed by atoms with Crippen LogP contribution in [0.3, 0.4) is 0 Å². The molecule has 0 amide bonds. The second kappa shape index (κ2) is 18.5. The summed E-state index contributed by atoms with van der Waals surface area (Å²) in [4.78, 5) is 11.4. The number of unbranched alkanes of at least 4 members (excludes halogenated alkanes) is 11. The van der Waals surface area contributed by atoms with Crippen LogP contribution in [0, 0.1) is 0 Å². The molecule has 0 aromatic carbocycles. The summed E-state index contributed by atoms with van der Waals surface area (Å²) in [5, 5.41) is 8.80. The van der Waals surface area contributed by atoms with E-state index in [0.29, 0.717) is 6.42 Å². The van der Waals surface area contributed by atoms with Crippen molar-refractivity contribution < 1.29 is 14.6 Å². The molecule has 0 fully saturated rings. The van der Waals surface area contributed by atoms with Gasteiger partial charge in [-0.25, -0.2) is 0 Å². The van der Waals surface area contributed by atoms with E-state index in [9.17, 15) is 4.79 Å². The summed E-state index contributed by atoms with van der Waals surface area (Å²) in [6.45, 7) is 3.87. The lowest BCUT2D eigenvalue weighted by Gasteiger charge is -2.09. The average Bonchev–Trinajstić information content (AvgIpc) is 2.58. The number of allylic oxidation sites excluding steroid dienone is 2. The Labute approximate surface area is 149 Å². The van der Waals surface area contributed by atoms with Crippen molar-refractivity contribution >= 4 is 5.97 Å². The average molecular weight is 341 g/mol. The van der Waals surface area contributed by atoms with Gasteiger partial charge in [-0.05, 0) is 39.0 Å². The lowest BCUT2D eigenvalue weighted by Crippen LogP contribution is -2.18. The highest BCUT2D eigenvalue weighted by atomic mass is 16.5. The molecule has 3 heteroatoms. The summed E-state index contributed by atoms with van der Waals surface area (Å²) in [5.41, 5.74) is 0. The minimum atomic E-state index is -0.374. The second-order valence-electron chi connectivity index (χ2n) is 6.82. The molecule has 142 valence electrons. The van der Waals surface area contributed by atoms with Gasteiger partial charge >= 0.3 is 5.97 Å². The zero-order valence-electron chi connectivity index (χ0n) is 16.1. The van der Waals surface area contributed by atoms with Crippen LogP contribution >= 0.6 is 0 Å². The van der Waals surface area contributed by atoms with Crippen molar-refractivity contribution in [3.05, 3.63) is 12.2 Å². The Balaban J connectivity index is 3.22. The number of carbonyl (C=O) groups excluding carboxylic acids is 1. The molecule has 0 aromatic heterocycles. The van der Waals surface area contributed by atoms with E-state index >= 15 is 0 Å². The van der Waals surface area contributed by atoms with Gasteiger partial charge in [0.1, 0.15) is 6.10 Å². The SMILES string of the molecule is CCCCCCCCC=CCCCCCCCC(=O)OC(C)CO. The van der Waals surface area contributed by atoms with E-state index < -0.39 is 0 Å². The van der Waals surface area contributed by atoms with E-state index in [1.54, 1.807) is 6.92 Å². The highest BCUT2D eigenvalue weighted by Gasteiger charge is 2.07. The molecule has 1 atom stereocenters. The third kappa shape index (κ3) is 17.5. The molecule has 0 radical (unpaired) electrons. The van der Waals surface area contributed by atoms with Gasteiger partial charge in [0.2, 0.25) is 0 Å². The second-order valence-corrected chi connectivity index (χ2v) is 6.82. The smallest absolute Gasteiger partial charge is 0.306 e. The zero-order chi connectivity index (χ0) is 17.9. The molecule has 1 N–H and O–H groups in total. The van der Waals surface area contributed by atoms with Crippen LogP contribution in [-0.4, -0.2) is 23.8 Å². The molecule has 0 bridgehead atoms. The molecule has 1 unspecified atom stereocenters. The van der Waals surface area contributed by atoms with Gasteiger partial charge in [0, 0.05) is 6.42 Å². The molecular formula is C21H40O3. The maximum absolute atomic E-state index is 11.4. The summed E-state index contributed by atoms with van der Waals surface area (Å²) in [6, 6.07) is 0. The van der Waals surface area contributed by atoms with Crippen LogP contribution < -0.4 is 0 Å². The van der Waals surface area contributed by atoms with E-state index in [1.807, 2.05) is 0 Å². The lowest BCUT2D eigenvalue weighted by atomic mass is 10.1. The largest absolute Gasteiger partial charge is 0.460 e. The van der Waals surface area contributed by atoms with Crippen molar-refractivity contribution in [3.8, 4) is 0 Å². The van der Waals surface area contributed by atoms with Crippen molar-refractivity contribution in [3.63, 3.8) is 0 Å². The molecule has 0 rings (SSSR count). The van der Waals surface area contributed by atoms with Gasteiger partial charge in [0.15, 0.2) is 0 Å². The summed E-state index contributed by atoms with van der Waals surface area (Å²) in [5.74, 6) is -0.186. The minimum absolute atomic E-state index is 0.0991. The Hall–Kier alpha value is -0.830. The van der Waals surface area contributed by atoms with Crippen LogP contribution in [0.2, 0.25) is 0 Å². The van der Waals surface area contributed by atoms with Crippen LogP contribution in [-0.2, 0) is 9.53 Å². The number of aliphatic hydroxyl groups excluding tert-OH is 1. The van der Waals surface area contributed by atoms with Gasteiger partial charge in [0.25, 0.3) is 0 Å². The van der Waals surface area contributed by atoms with E-state index in [2.05, 4.69) is 19.1 Å². The quantitative estimate of drug-likeness (QED) is 0.202. The van der Waals surface area contributed by atoms with Crippen molar-refractivity contribution in [2.24, 2.45) is 0 Å². The maximum atomic E-state index is 11.4. The van der Waals surface area contributed by atoms with Crippen LogP contribution in [0.25, 0.3) is 0 Å². The molecule has 0 aliphatic rings. The van der Waals surface area contributed by atoms with Gasteiger partial charge in [-0.2, -0.15) is 0 Å². The first-order valence-corrected chi connectivity index (χ1v) is 10.2. The number of esters is 1. The maximum Gasteiger partial charge on any atom is 0.306 e. The van der Waals surface area contributed by atoms with Gasteiger partial charge in [-0.3, -0.25) is 4.79 Å². The first-order chi connectivity index (χ1) is 11.7. The lowest BCUT2D eigenvalue weighted by molar-refractivity contribution is -0.150. The molecular weight excluding hydrogens is 300 g/mol. The monoisotopic (exact) mass is 340 g/mol. The predicted molar refractivity (Wildman–Crippen MR) is 102 cm³/mol. The summed E-state index contributed by atoms with van der Waals surface area (Å²) in [6.07, 6.45) is 21.1. The summed E-state index contributed by atoms with van der Waals surface area (Å²) >= 11 is 0. The van der Waals surface area contributed by atoms with Crippen LogP contribution in [0.15, 0.2) is 12.2 Å². The third-order valence-electron chi connectivity index (χ3n) is 4.23. The summed E-state index contributed by atoms with van der Waals surface area (Å²) < 4.78 is 5.02. The number of ether oxygens (including phenoxy) is 1. The van der Waals surface area contributed by atoms with Crippen LogP contribution in [0.1, 0.15) is 104 Å². The molecule has 0 saturated carbocycles. The number of carbonyl (C=O) groups is 1. The first kappa shape index (κ1) is 23.2. The van der Waals surface area contributed by atoms with E-state index in [1.165, 1.54) is 70.6 Å². The van der Waals surface area contributed by atoms with E-state index in [4.69, 9.17) is 9.84 Å². The van der Waals surface area contributed by atoms with Crippen molar-refractivity contribution in [1.82, 2.24) is 0 Å². The standard InChI is InChI=1S/C21H40O3/c1-3-4-5-6-7-8-9-10-11-12-13-14-15-16-17-18-21(23)24-20(2)19-22/h10-11,20,22H,3-9,12-19H2,1-2H3. The highest BCUT2D eigenvalue weighted by Crippen LogP contribution is 2.10. The van der Waals surface area contributed by atoms with Crippen LogP contribution in [0.4, 0.5) is 0 Å². The molecule has 0 aliphatic heterocycles. The van der Waals surface area contributed by atoms with Crippen molar-refractivity contribution in [2.75, 3.05) is 6.61 Å². The first-order valence-electron chi connectivity index (χ1n) is 10.2. The number of hydrogen-bond acceptors (Lipinski definition) is 3. The van der Waals surface area contributed by atoms with Crippen molar-refractivity contribution in [2.45, 2.75) is 110 Å². The Morgan fingerprint density at radius 1 is 0.875 bits per heavy atom. The fraction of sp³-hybridized carbons (Fsp3) is 0.857. The molecule has 24 heavy (non-hydrogen) atoms. The summed E-state index contributed by atoms with van der Waals surface area (Å²) in [7, 11) is 0. The van der Waals surface area contributed by atoms with E-state index in [-0.39, 0.29) is 18.7 Å².